The molecule has 1 aliphatic heterocycles. The van der Waals surface area contributed by atoms with Crippen LogP contribution in [0.25, 0.3) is 0 Å². The minimum Gasteiger partial charge on any atom is -0.494 e. The fourth-order valence-electron chi connectivity index (χ4n) is 4.79. The standard InChI is InChI=1S/C30H37N3O6S/c1-6-39-25-12-10-24(11-13-25)33(40(35,36)26-14-15-28(37-4)29(20-26)38-5)21-30(34)32-18-16-31(17-19-32)27-9-7-8-22(2)23(27)3/h7-15,20H,6,16-19,21H2,1-5H3. The van der Waals surface area contributed by atoms with E-state index in [1.165, 1.54) is 49.2 Å². The van der Waals surface area contributed by atoms with Crippen LogP contribution in [0.3, 0.4) is 0 Å². The average Bonchev–Trinajstić information content (AvgIpc) is 2.97. The number of piperazine rings is 1. The van der Waals surface area contributed by atoms with Gasteiger partial charge in [-0.3, -0.25) is 9.10 Å². The normalized spacial score (nSPS) is 13.6. The molecule has 0 aromatic heterocycles. The van der Waals surface area contributed by atoms with Crippen LogP contribution < -0.4 is 23.4 Å². The van der Waals surface area contributed by atoms with Gasteiger partial charge < -0.3 is 24.0 Å². The number of aryl methyl sites for hydroxylation is 1. The number of benzene rings is 3. The van der Waals surface area contributed by atoms with Crippen LogP contribution in [0.15, 0.2) is 65.6 Å². The summed E-state index contributed by atoms with van der Waals surface area (Å²) >= 11 is 0. The highest BCUT2D eigenvalue weighted by molar-refractivity contribution is 7.92. The molecule has 0 spiro atoms. The summed E-state index contributed by atoms with van der Waals surface area (Å²) in [5.41, 5.74) is 3.98. The Morgan fingerprint density at radius 2 is 1.57 bits per heavy atom. The lowest BCUT2D eigenvalue weighted by Gasteiger charge is -2.38. The second-order valence-corrected chi connectivity index (χ2v) is 11.4. The molecule has 0 aliphatic carbocycles. The molecule has 1 heterocycles. The zero-order valence-electron chi connectivity index (χ0n) is 23.7. The van der Waals surface area contributed by atoms with E-state index in [2.05, 4.69) is 30.9 Å². The van der Waals surface area contributed by atoms with E-state index in [4.69, 9.17) is 14.2 Å². The fourth-order valence-corrected chi connectivity index (χ4v) is 6.22. The maximum atomic E-state index is 14.0. The van der Waals surface area contributed by atoms with Crippen molar-refractivity contribution in [2.24, 2.45) is 0 Å². The number of methoxy groups -OCH3 is 2. The molecule has 40 heavy (non-hydrogen) atoms. The summed E-state index contributed by atoms with van der Waals surface area (Å²) in [5.74, 6) is 1.04. The minimum absolute atomic E-state index is 0.00780. The molecule has 0 bridgehead atoms. The summed E-state index contributed by atoms with van der Waals surface area (Å²) in [6.45, 7) is 8.56. The van der Waals surface area contributed by atoms with Gasteiger partial charge in [0.15, 0.2) is 11.5 Å². The third kappa shape index (κ3) is 6.12. The quantitative estimate of drug-likeness (QED) is 0.362. The summed E-state index contributed by atoms with van der Waals surface area (Å²) in [7, 11) is -1.21. The van der Waals surface area contributed by atoms with E-state index in [1.807, 2.05) is 13.0 Å². The van der Waals surface area contributed by atoms with E-state index in [0.717, 1.165) is 4.31 Å². The topological polar surface area (TPSA) is 88.6 Å². The molecule has 4 rings (SSSR count). The molecule has 3 aromatic carbocycles. The number of hydrogen-bond acceptors (Lipinski definition) is 7. The van der Waals surface area contributed by atoms with Crippen molar-refractivity contribution in [2.75, 3.05) is 62.8 Å². The summed E-state index contributed by atoms with van der Waals surface area (Å²) in [4.78, 5) is 17.5. The Morgan fingerprint density at radius 3 is 2.20 bits per heavy atom. The van der Waals surface area contributed by atoms with Crippen LogP contribution in [0.2, 0.25) is 0 Å². The van der Waals surface area contributed by atoms with Crippen molar-refractivity contribution in [3.63, 3.8) is 0 Å². The number of anilines is 2. The van der Waals surface area contributed by atoms with Crippen LogP contribution >= 0.6 is 0 Å². The summed E-state index contributed by atoms with van der Waals surface area (Å²) in [5, 5.41) is 0. The van der Waals surface area contributed by atoms with Crippen molar-refractivity contribution in [3.8, 4) is 17.2 Å². The molecule has 1 aliphatic rings. The maximum Gasteiger partial charge on any atom is 0.264 e. The van der Waals surface area contributed by atoms with E-state index in [0.29, 0.717) is 50.0 Å². The van der Waals surface area contributed by atoms with Gasteiger partial charge in [0.2, 0.25) is 5.91 Å². The highest BCUT2D eigenvalue weighted by Gasteiger charge is 2.31. The lowest BCUT2D eigenvalue weighted by molar-refractivity contribution is -0.129. The van der Waals surface area contributed by atoms with Gasteiger partial charge in [-0.15, -0.1) is 0 Å². The Kier molecular flexibility index (Phi) is 9.09. The van der Waals surface area contributed by atoms with Crippen LogP contribution in [0, 0.1) is 13.8 Å². The molecule has 0 unspecified atom stereocenters. The van der Waals surface area contributed by atoms with Crippen molar-refractivity contribution in [3.05, 3.63) is 71.8 Å². The van der Waals surface area contributed by atoms with Gasteiger partial charge in [-0.05, 0) is 74.4 Å². The Morgan fingerprint density at radius 1 is 0.900 bits per heavy atom. The number of carbonyl (C=O) groups excluding carboxylic acids is 1. The molecule has 3 aromatic rings. The van der Waals surface area contributed by atoms with Gasteiger partial charge >= 0.3 is 0 Å². The largest absolute Gasteiger partial charge is 0.494 e. The third-order valence-electron chi connectivity index (χ3n) is 7.21. The molecule has 1 amide bonds. The first-order valence-electron chi connectivity index (χ1n) is 13.3. The van der Waals surface area contributed by atoms with Crippen LogP contribution in [-0.4, -0.2) is 72.8 Å². The van der Waals surface area contributed by atoms with Crippen LogP contribution in [0.4, 0.5) is 11.4 Å². The van der Waals surface area contributed by atoms with Gasteiger partial charge in [-0.25, -0.2) is 8.42 Å². The number of sulfonamides is 1. The summed E-state index contributed by atoms with van der Waals surface area (Å²) in [6.07, 6.45) is 0. The SMILES string of the molecule is CCOc1ccc(N(CC(=O)N2CCN(c3cccc(C)c3C)CC2)S(=O)(=O)c2ccc(OC)c(OC)c2)cc1. The lowest BCUT2D eigenvalue weighted by atomic mass is 10.1. The van der Waals surface area contributed by atoms with Crippen molar-refractivity contribution in [1.82, 2.24) is 4.90 Å². The number of rotatable bonds is 10. The molecular formula is C30H37N3O6S. The zero-order valence-corrected chi connectivity index (χ0v) is 24.5. The second kappa shape index (κ2) is 12.5. The van der Waals surface area contributed by atoms with Crippen LogP contribution in [0.1, 0.15) is 18.1 Å². The Balaban J connectivity index is 1.59. The van der Waals surface area contributed by atoms with E-state index in [9.17, 15) is 13.2 Å². The van der Waals surface area contributed by atoms with E-state index in [-0.39, 0.29) is 23.1 Å². The van der Waals surface area contributed by atoms with Gasteiger partial charge in [0, 0.05) is 37.9 Å². The smallest absolute Gasteiger partial charge is 0.264 e. The molecule has 1 saturated heterocycles. The van der Waals surface area contributed by atoms with Crippen molar-refractivity contribution in [1.29, 1.82) is 0 Å². The highest BCUT2D eigenvalue weighted by atomic mass is 32.2. The third-order valence-corrected chi connectivity index (χ3v) is 8.98. The number of nitrogens with zero attached hydrogens (tertiary/aromatic N) is 3. The van der Waals surface area contributed by atoms with Gasteiger partial charge in [0.25, 0.3) is 10.0 Å². The van der Waals surface area contributed by atoms with Gasteiger partial charge in [0.1, 0.15) is 12.3 Å². The van der Waals surface area contributed by atoms with Crippen molar-refractivity contribution >= 4 is 27.3 Å². The summed E-state index contributed by atoms with van der Waals surface area (Å²) in [6, 6.07) is 17.3. The Labute approximate surface area is 236 Å². The van der Waals surface area contributed by atoms with Gasteiger partial charge in [0.05, 0.1) is 31.4 Å². The molecular weight excluding hydrogens is 530 g/mol. The molecule has 0 atom stereocenters. The van der Waals surface area contributed by atoms with Gasteiger partial charge in [-0.2, -0.15) is 0 Å². The average molecular weight is 568 g/mol. The fraction of sp³-hybridized carbons (Fsp3) is 0.367. The van der Waals surface area contributed by atoms with Crippen molar-refractivity contribution in [2.45, 2.75) is 25.7 Å². The van der Waals surface area contributed by atoms with E-state index in [1.54, 1.807) is 29.2 Å². The molecule has 1 fully saturated rings. The zero-order chi connectivity index (χ0) is 28.9. The van der Waals surface area contributed by atoms with Gasteiger partial charge in [-0.1, -0.05) is 12.1 Å². The molecule has 214 valence electrons. The molecule has 10 heteroatoms. The Bertz CT molecular complexity index is 1430. The monoisotopic (exact) mass is 567 g/mol. The highest BCUT2D eigenvalue weighted by Crippen LogP contribution is 2.33. The molecule has 0 saturated carbocycles. The lowest BCUT2D eigenvalue weighted by Crippen LogP contribution is -2.52. The first-order valence-corrected chi connectivity index (χ1v) is 14.7. The second-order valence-electron chi connectivity index (χ2n) is 9.54. The molecule has 0 radical (unpaired) electrons. The predicted octanol–water partition coefficient (Wildman–Crippen LogP) is 4.26. The minimum atomic E-state index is -4.14. The molecule has 9 nitrogen and oxygen atoms in total. The number of amides is 1. The molecule has 0 N–H and O–H groups in total. The Hall–Kier alpha value is -3.92. The first kappa shape index (κ1) is 29.1. The number of hydrogen-bond donors (Lipinski definition) is 0. The number of ether oxygens (including phenoxy) is 3. The van der Waals surface area contributed by atoms with Crippen LogP contribution in [-0.2, 0) is 14.8 Å². The van der Waals surface area contributed by atoms with E-state index >= 15 is 0 Å². The number of carbonyl (C=O) groups is 1. The van der Waals surface area contributed by atoms with E-state index < -0.39 is 10.0 Å². The summed E-state index contributed by atoms with van der Waals surface area (Å²) < 4.78 is 45.2. The predicted molar refractivity (Wildman–Crippen MR) is 156 cm³/mol. The maximum absolute atomic E-state index is 14.0. The first-order chi connectivity index (χ1) is 19.2. The van der Waals surface area contributed by atoms with Crippen LogP contribution in [0.5, 0.6) is 17.2 Å². The van der Waals surface area contributed by atoms with Crippen molar-refractivity contribution < 1.29 is 27.4 Å².